The zero-order valence-electron chi connectivity index (χ0n) is 17.3. The molecule has 6 heteroatoms. The maximum Gasteiger partial charge on any atom is 0.261 e. The summed E-state index contributed by atoms with van der Waals surface area (Å²) in [6, 6.07) is 17.9. The molecular weight excluding hydrogens is 406 g/mol. The maximum absolute atomic E-state index is 13.3. The van der Waals surface area contributed by atoms with E-state index in [-0.39, 0.29) is 23.9 Å². The number of thiophene rings is 1. The average Bonchev–Trinajstić information content (AvgIpc) is 3.28. The fourth-order valence-corrected chi connectivity index (χ4v) is 5.34. The molecule has 156 valence electrons. The SMILES string of the molecule is Cc1cccc2c(=O)n(CCC(=O)N3CCc4sccc4[C@H]3c3ccccc3)cnc12. The fourth-order valence-electron chi connectivity index (χ4n) is 4.44. The van der Waals surface area contributed by atoms with Gasteiger partial charge in [-0.1, -0.05) is 42.5 Å². The topological polar surface area (TPSA) is 55.2 Å². The maximum atomic E-state index is 13.3. The van der Waals surface area contributed by atoms with E-state index >= 15 is 0 Å². The Kier molecular flexibility index (Phi) is 5.16. The normalized spacial score (nSPS) is 15.8. The molecule has 0 unspecified atom stereocenters. The van der Waals surface area contributed by atoms with Crippen molar-refractivity contribution >= 4 is 28.1 Å². The Morgan fingerprint density at radius 1 is 1.13 bits per heavy atom. The Hall–Kier alpha value is -3.25. The van der Waals surface area contributed by atoms with Crippen LogP contribution in [0.5, 0.6) is 0 Å². The molecular formula is C25H23N3O2S. The predicted molar refractivity (Wildman–Crippen MR) is 123 cm³/mol. The zero-order chi connectivity index (χ0) is 21.4. The monoisotopic (exact) mass is 429 g/mol. The standard InChI is InChI=1S/C25H23N3O2S/c1-17-6-5-9-20-23(17)26-16-27(25(20)30)13-11-22(29)28-14-10-21-19(12-15-31-21)24(28)18-7-3-2-4-8-18/h2-9,12,15-16,24H,10-11,13-14H2,1H3/t24-/m1/s1. The highest BCUT2D eigenvalue weighted by Gasteiger charge is 2.32. The summed E-state index contributed by atoms with van der Waals surface area (Å²) in [6.45, 7) is 2.96. The van der Waals surface area contributed by atoms with Gasteiger partial charge in [0.25, 0.3) is 5.56 Å². The number of amides is 1. The van der Waals surface area contributed by atoms with E-state index in [4.69, 9.17) is 0 Å². The minimum atomic E-state index is -0.0973. The number of aromatic nitrogens is 2. The van der Waals surface area contributed by atoms with Gasteiger partial charge in [0.2, 0.25) is 5.91 Å². The van der Waals surface area contributed by atoms with Crippen molar-refractivity contribution in [1.82, 2.24) is 14.5 Å². The number of carbonyl (C=O) groups excluding carboxylic acids is 1. The molecule has 2 aromatic carbocycles. The first-order valence-corrected chi connectivity index (χ1v) is 11.4. The number of aryl methyl sites for hydroxylation is 2. The van der Waals surface area contributed by atoms with Gasteiger partial charge in [-0.3, -0.25) is 14.2 Å². The summed E-state index contributed by atoms with van der Waals surface area (Å²) in [4.78, 5) is 34.0. The Balaban J connectivity index is 1.41. The molecule has 3 heterocycles. The number of benzene rings is 2. The van der Waals surface area contributed by atoms with Crippen molar-refractivity contribution < 1.29 is 4.79 Å². The lowest BCUT2D eigenvalue weighted by molar-refractivity contribution is -0.133. The zero-order valence-corrected chi connectivity index (χ0v) is 18.1. The lowest BCUT2D eigenvalue weighted by atomic mass is 9.93. The molecule has 0 fully saturated rings. The highest BCUT2D eigenvalue weighted by Crippen LogP contribution is 2.38. The first-order valence-electron chi connectivity index (χ1n) is 10.5. The van der Waals surface area contributed by atoms with Gasteiger partial charge in [0.1, 0.15) is 0 Å². The molecule has 0 radical (unpaired) electrons. The molecule has 1 atom stereocenters. The van der Waals surface area contributed by atoms with E-state index in [2.05, 4.69) is 28.6 Å². The van der Waals surface area contributed by atoms with E-state index in [1.807, 2.05) is 42.2 Å². The third-order valence-corrected chi connectivity index (χ3v) is 7.02. The molecule has 2 aromatic heterocycles. The lowest BCUT2D eigenvalue weighted by Gasteiger charge is -2.36. The summed E-state index contributed by atoms with van der Waals surface area (Å²) in [6.07, 6.45) is 2.70. The van der Waals surface area contributed by atoms with Gasteiger partial charge in [-0.25, -0.2) is 4.98 Å². The molecule has 0 saturated heterocycles. The van der Waals surface area contributed by atoms with Crippen LogP contribution in [0.15, 0.2) is 71.1 Å². The molecule has 4 aromatic rings. The first kappa shape index (κ1) is 19.7. The molecule has 0 aliphatic carbocycles. The fraction of sp³-hybridized carbons (Fsp3) is 0.240. The number of rotatable bonds is 4. The predicted octanol–water partition coefficient (Wildman–Crippen LogP) is 4.33. The van der Waals surface area contributed by atoms with Gasteiger partial charge in [0.05, 0.1) is 23.3 Å². The summed E-state index contributed by atoms with van der Waals surface area (Å²) in [7, 11) is 0. The molecule has 0 N–H and O–H groups in total. The highest BCUT2D eigenvalue weighted by atomic mass is 32.1. The number of hydrogen-bond donors (Lipinski definition) is 0. The van der Waals surface area contributed by atoms with Crippen molar-refractivity contribution in [3.05, 3.63) is 98.2 Å². The van der Waals surface area contributed by atoms with Crippen molar-refractivity contribution in [1.29, 1.82) is 0 Å². The average molecular weight is 430 g/mol. The van der Waals surface area contributed by atoms with Gasteiger partial charge in [-0.15, -0.1) is 11.3 Å². The second-order valence-corrected chi connectivity index (χ2v) is 8.91. The van der Waals surface area contributed by atoms with E-state index in [1.54, 1.807) is 28.3 Å². The molecule has 5 rings (SSSR count). The Bertz CT molecular complexity index is 1310. The molecule has 1 aliphatic heterocycles. The van der Waals surface area contributed by atoms with Crippen molar-refractivity contribution in [2.45, 2.75) is 32.4 Å². The lowest BCUT2D eigenvalue weighted by Crippen LogP contribution is -2.40. The van der Waals surface area contributed by atoms with Crippen LogP contribution in [0, 0.1) is 6.92 Å². The van der Waals surface area contributed by atoms with E-state index in [0.717, 1.165) is 23.1 Å². The largest absolute Gasteiger partial charge is 0.331 e. The number of fused-ring (bicyclic) bond motifs is 2. The van der Waals surface area contributed by atoms with Crippen LogP contribution in [0.2, 0.25) is 0 Å². The van der Waals surface area contributed by atoms with Crippen molar-refractivity contribution in [2.75, 3.05) is 6.54 Å². The smallest absolute Gasteiger partial charge is 0.261 e. The van der Waals surface area contributed by atoms with Gasteiger partial charge in [-0.05, 0) is 47.5 Å². The van der Waals surface area contributed by atoms with Gasteiger partial charge < -0.3 is 4.90 Å². The second-order valence-electron chi connectivity index (χ2n) is 7.91. The minimum absolute atomic E-state index is 0.0574. The number of para-hydroxylation sites is 1. The molecule has 1 amide bonds. The van der Waals surface area contributed by atoms with E-state index in [0.29, 0.717) is 18.5 Å². The number of nitrogens with zero attached hydrogens (tertiary/aromatic N) is 3. The van der Waals surface area contributed by atoms with Crippen molar-refractivity contribution in [2.24, 2.45) is 0 Å². The number of carbonyl (C=O) groups is 1. The van der Waals surface area contributed by atoms with Crippen LogP contribution < -0.4 is 5.56 Å². The summed E-state index contributed by atoms with van der Waals surface area (Å²) in [5.74, 6) is 0.0574. The van der Waals surface area contributed by atoms with Gasteiger partial charge in [0.15, 0.2) is 0 Å². The molecule has 5 nitrogen and oxygen atoms in total. The van der Waals surface area contributed by atoms with Crippen LogP contribution in [0.25, 0.3) is 10.9 Å². The van der Waals surface area contributed by atoms with Crippen molar-refractivity contribution in [3.63, 3.8) is 0 Å². The summed E-state index contributed by atoms with van der Waals surface area (Å²) in [5.41, 5.74) is 3.94. The first-order chi connectivity index (χ1) is 15.1. The van der Waals surface area contributed by atoms with E-state index in [9.17, 15) is 9.59 Å². The highest BCUT2D eigenvalue weighted by molar-refractivity contribution is 7.10. The van der Waals surface area contributed by atoms with Gasteiger partial charge in [0, 0.05) is 24.4 Å². The Morgan fingerprint density at radius 2 is 1.97 bits per heavy atom. The third kappa shape index (κ3) is 3.57. The van der Waals surface area contributed by atoms with Crippen LogP contribution in [0.4, 0.5) is 0 Å². The quantitative estimate of drug-likeness (QED) is 0.485. The molecule has 0 spiro atoms. The minimum Gasteiger partial charge on any atom is -0.331 e. The van der Waals surface area contributed by atoms with Crippen LogP contribution in [0.1, 0.15) is 34.0 Å². The summed E-state index contributed by atoms with van der Waals surface area (Å²) < 4.78 is 1.55. The molecule has 1 aliphatic rings. The molecule has 0 saturated carbocycles. The van der Waals surface area contributed by atoms with Crippen LogP contribution in [-0.4, -0.2) is 26.9 Å². The van der Waals surface area contributed by atoms with Crippen molar-refractivity contribution in [3.8, 4) is 0 Å². The summed E-state index contributed by atoms with van der Waals surface area (Å²) >= 11 is 1.76. The third-order valence-electron chi connectivity index (χ3n) is 6.02. The molecule has 0 bridgehead atoms. The second kappa shape index (κ2) is 8.12. The summed E-state index contributed by atoms with van der Waals surface area (Å²) in [5, 5.41) is 2.70. The number of hydrogen-bond acceptors (Lipinski definition) is 4. The Labute approximate surface area is 184 Å². The van der Waals surface area contributed by atoms with Crippen LogP contribution >= 0.6 is 11.3 Å². The van der Waals surface area contributed by atoms with Gasteiger partial charge >= 0.3 is 0 Å². The van der Waals surface area contributed by atoms with E-state index < -0.39 is 0 Å². The Morgan fingerprint density at radius 3 is 2.81 bits per heavy atom. The van der Waals surface area contributed by atoms with Gasteiger partial charge in [-0.2, -0.15) is 0 Å². The van der Waals surface area contributed by atoms with Crippen LogP contribution in [0.3, 0.4) is 0 Å². The van der Waals surface area contributed by atoms with Crippen LogP contribution in [-0.2, 0) is 17.8 Å². The van der Waals surface area contributed by atoms with E-state index in [1.165, 1.54) is 10.4 Å². The molecule has 31 heavy (non-hydrogen) atoms.